The summed E-state index contributed by atoms with van der Waals surface area (Å²) in [5.41, 5.74) is 2.01. The zero-order valence-electron chi connectivity index (χ0n) is 25.0. The van der Waals surface area contributed by atoms with Crippen LogP contribution in [0, 0.1) is 11.8 Å². The van der Waals surface area contributed by atoms with Gasteiger partial charge >= 0.3 is 0 Å². The predicted octanol–water partition coefficient (Wildman–Crippen LogP) is 6.37. The summed E-state index contributed by atoms with van der Waals surface area (Å²) in [6, 6.07) is 2.23. The summed E-state index contributed by atoms with van der Waals surface area (Å²) in [6.07, 6.45) is 16.7. The number of unbranched alkanes of at least 4 members (excludes halogenated alkanes) is 1. The Labute approximate surface area is 241 Å². The molecule has 3 fully saturated rings. The Hall–Kier alpha value is -2.21. The van der Waals surface area contributed by atoms with Crippen molar-refractivity contribution < 1.29 is 19.4 Å². The Morgan fingerprint density at radius 3 is 2.77 bits per heavy atom. The van der Waals surface area contributed by atoms with E-state index >= 15 is 0 Å². The van der Waals surface area contributed by atoms with Crippen molar-refractivity contribution in [2.75, 3.05) is 20.2 Å². The molecule has 6 nitrogen and oxygen atoms in total. The van der Waals surface area contributed by atoms with Crippen LogP contribution in [0.1, 0.15) is 102 Å². The van der Waals surface area contributed by atoms with E-state index in [-0.39, 0.29) is 29.5 Å². The van der Waals surface area contributed by atoms with E-state index in [1.54, 1.807) is 13.2 Å². The van der Waals surface area contributed by atoms with Crippen LogP contribution in [0.3, 0.4) is 0 Å². The van der Waals surface area contributed by atoms with Gasteiger partial charge in [0.1, 0.15) is 11.9 Å². The highest BCUT2D eigenvalue weighted by Gasteiger charge is 2.67. The van der Waals surface area contributed by atoms with E-state index in [0.29, 0.717) is 29.9 Å². The van der Waals surface area contributed by atoms with Crippen LogP contribution in [-0.4, -0.2) is 65.2 Å². The number of phenols is 1. The predicted molar refractivity (Wildman–Crippen MR) is 158 cm³/mol. The molecule has 3 aliphatic carbocycles. The minimum Gasteiger partial charge on any atom is -0.508 e. The smallest absolute Gasteiger partial charge is 0.223 e. The molecule has 6 heteroatoms. The Kier molecular flexibility index (Phi) is 7.84. The van der Waals surface area contributed by atoms with Crippen molar-refractivity contribution >= 4 is 5.91 Å². The van der Waals surface area contributed by atoms with Crippen LogP contribution in [0.25, 0.3) is 0 Å². The van der Waals surface area contributed by atoms with Crippen molar-refractivity contribution in [1.29, 1.82) is 0 Å². The van der Waals surface area contributed by atoms with Gasteiger partial charge in [-0.25, -0.2) is 0 Å². The fourth-order valence-electron chi connectivity index (χ4n) is 9.65. The number of benzene rings is 1. The normalized spacial score (nSPS) is 31.0. The summed E-state index contributed by atoms with van der Waals surface area (Å²) in [5, 5.41) is 11.2. The highest BCUT2D eigenvalue weighted by Crippen LogP contribution is 2.65. The SMILES string of the molecule is C=CCN1CC[C@]23c4c5c(O)cc(OC)c4O[C@H]2[C@@H](N(C(=O)CCCCC2CCCCC2)C(C)C)CC[C@H]3[C@H]1C5. The van der Waals surface area contributed by atoms with Crippen LogP contribution in [0.15, 0.2) is 18.7 Å². The zero-order chi connectivity index (χ0) is 28.0. The summed E-state index contributed by atoms with van der Waals surface area (Å²) >= 11 is 0. The van der Waals surface area contributed by atoms with Crippen molar-refractivity contribution in [2.45, 2.75) is 127 Å². The van der Waals surface area contributed by atoms with Gasteiger partial charge in [-0.2, -0.15) is 0 Å². The monoisotopic (exact) mass is 550 g/mol. The lowest BCUT2D eigenvalue weighted by Crippen LogP contribution is -2.69. The van der Waals surface area contributed by atoms with Crippen LogP contribution >= 0.6 is 0 Å². The second-order valence-electron chi connectivity index (χ2n) is 13.6. The summed E-state index contributed by atoms with van der Waals surface area (Å²) in [7, 11) is 1.66. The van der Waals surface area contributed by atoms with Crippen LogP contribution in [0.5, 0.6) is 17.2 Å². The van der Waals surface area contributed by atoms with Gasteiger partial charge in [0, 0.05) is 47.7 Å². The minimum absolute atomic E-state index is 0.0268. The molecular weight excluding hydrogens is 500 g/mol. The van der Waals surface area contributed by atoms with E-state index in [9.17, 15) is 9.90 Å². The van der Waals surface area contributed by atoms with Crippen molar-refractivity contribution in [3.05, 3.63) is 29.8 Å². The average molecular weight is 551 g/mol. The van der Waals surface area contributed by atoms with Crippen LogP contribution < -0.4 is 9.47 Å². The van der Waals surface area contributed by atoms with Crippen molar-refractivity contribution in [3.8, 4) is 17.2 Å². The maximum atomic E-state index is 13.9. The third kappa shape index (κ3) is 4.44. The van der Waals surface area contributed by atoms with Gasteiger partial charge in [-0.15, -0.1) is 6.58 Å². The van der Waals surface area contributed by atoms with Crippen molar-refractivity contribution in [2.24, 2.45) is 11.8 Å². The molecule has 220 valence electrons. The molecule has 2 saturated carbocycles. The summed E-state index contributed by atoms with van der Waals surface area (Å²) in [6.45, 7) is 10.2. The summed E-state index contributed by atoms with van der Waals surface area (Å²) < 4.78 is 12.8. The molecule has 40 heavy (non-hydrogen) atoms. The third-order valence-electron chi connectivity index (χ3n) is 11.3. The highest BCUT2D eigenvalue weighted by atomic mass is 16.5. The lowest BCUT2D eigenvalue weighted by molar-refractivity contribution is -0.145. The van der Waals surface area contributed by atoms with Gasteiger partial charge in [0.15, 0.2) is 11.5 Å². The molecule has 0 aromatic heterocycles. The second kappa shape index (κ2) is 11.2. The molecule has 5 aliphatic rings. The van der Waals surface area contributed by atoms with Crippen LogP contribution in [-0.2, 0) is 16.6 Å². The minimum atomic E-state index is -0.200. The molecule has 1 aromatic carbocycles. The number of piperidine rings is 1. The number of carbonyl (C=O) groups excluding carboxylic acids is 1. The van der Waals surface area contributed by atoms with Gasteiger partial charge in [0.05, 0.1) is 13.2 Å². The first kappa shape index (κ1) is 27.9. The van der Waals surface area contributed by atoms with Gasteiger partial charge in [-0.3, -0.25) is 9.69 Å². The maximum absolute atomic E-state index is 13.9. The van der Waals surface area contributed by atoms with Gasteiger partial charge < -0.3 is 19.5 Å². The average Bonchev–Trinajstić information content (AvgIpc) is 3.29. The fourth-order valence-corrected chi connectivity index (χ4v) is 9.65. The van der Waals surface area contributed by atoms with E-state index in [0.717, 1.165) is 68.8 Å². The Morgan fingerprint density at radius 2 is 2.05 bits per heavy atom. The number of amides is 1. The molecule has 1 aromatic rings. The molecule has 1 N–H and O–H groups in total. The molecule has 5 atom stereocenters. The van der Waals surface area contributed by atoms with Crippen LogP contribution in [0.2, 0.25) is 0 Å². The topological polar surface area (TPSA) is 62.2 Å². The standard InChI is InChI=1S/C34H50N2O4/c1-5-18-35-19-17-34-25-15-16-26(36(22(2)3)30(38)14-10-9-13-23-11-7-6-8-12-23)33(34)40-32-29(39-4)21-28(37)24(31(32)34)20-27(25)35/h5,21-23,25-27,33,37H,1,6-20H2,2-4H3/t25-,26-,27+,33-,34-/m0/s1. The number of likely N-dealkylation sites (tertiary alicyclic amines) is 1. The van der Waals surface area contributed by atoms with E-state index < -0.39 is 0 Å². The molecule has 2 bridgehead atoms. The number of phenolic OH excluding ortho intramolecular Hbond substituents is 1. The first-order valence-electron chi connectivity index (χ1n) is 16.2. The molecule has 1 amide bonds. The van der Waals surface area contributed by atoms with Gasteiger partial charge in [0.25, 0.3) is 0 Å². The number of ether oxygens (including phenoxy) is 2. The van der Waals surface area contributed by atoms with Crippen molar-refractivity contribution in [3.63, 3.8) is 0 Å². The van der Waals surface area contributed by atoms with Gasteiger partial charge in [0.2, 0.25) is 5.91 Å². The molecule has 2 aliphatic heterocycles. The summed E-state index contributed by atoms with van der Waals surface area (Å²) in [4.78, 5) is 18.7. The molecule has 0 unspecified atom stereocenters. The van der Waals surface area contributed by atoms with Crippen LogP contribution in [0.4, 0.5) is 0 Å². The number of methoxy groups -OCH3 is 1. The van der Waals surface area contributed by atoms with E-state index in [1.165, 1.54) is 44.1 Å². The van der Waals surface area contributed by atoms with Crippen molar-refractivity contribution in [1.82, 2.24) is 9.80 Å². The zero-order valence-corrected chi connectivity index (χ0v) is 25.0. The third-order valence-corrected chi connectivity index (χ3v) is 11.3. The molecule has 1 saturated heterocycles. The lowest BCUT2D eigenvalue weighted by atomic mass is 9.50. The first-order valence-corrected chi connectivity index (χ1v) is 16.2. The number of rotatable bonds is 10. The first-order chi connectivity index (χ1) is 19.4. The van der Waals surface area contributed by atoms with E-state index in [1.807, 2.05) is 6.08 Å². The van der Waals surface area contributed by atoms with Gasteiger partial charge in [-0.05, 0) is 64.3 Å². The number of aromatic hydroxyl groups is 1. The Balaban J connectivity index is 1.28. The largest absolute Gasteiger partial charge is 0.508 e. The van der Waals surface area contributed by atoms with Gasteiger partial charge in [-0.1, -0.05) is 51.0 Å². The number of hydrogen-bond donors (Lipinski definition) is 1. The highest BCUT2D eigenvalue weighted by molar-refractivity contribution is 5.77. The number of carbonyl (C=O) groups is 1. The van der Waals surface area contributed by atoms with E-state index in [4.69, 9.17) is 9.47 Å². The number of hydrogen-bond acceptors (Lipinski definition) is 5. The Morgan fingerprint density at radius 1 is 1.25 bits per heavy atom. The molecule has 6 rings (SSSR count). The quantitative estimate of drug-likeness (QED) is 0.271. The second-order valence-corrected chi connectivity index (χ2v) is 13.6. The van der Waals surface area contributed by atoms with E-state index in [2.05, 4.69) is 30.2 Å². The maximum Gasteiger partial charge on any atom is 0.223 e. The molecule has 0 radical (unpaired) electrons. The molecule has 2 heterocycles. The number of nitrogens with zero attached hydrogens (tertiary/aromatic N) is 2. The summed E-state index contributed by atoms with van der Waals surface area (Å²) in [5.74, 6) is 3.34. The fraction of sp³-hybridized carbons (Fsp3) is 0.735. The molecule has 1 spiro atoms. The lowest BCUT2D eigenvalue weighted by Gasteiger charge is -2.60. The Bertz CT molecular complexity index is 1110. The molecular formula is C34H50N2O4.